The number of hydrogen-bond donors (Lipinski definition) is 0. The summed E-state index contributed by atoms with van der Waals surface area (Å²) in [6, 6.07) is 0. The normalized spacial score (nSPS) is 42.9. The molecule has 0 unspecified atom stereocenters. The van der Waals surface area contributed by atoms with Gasteiger partial charge < -0.3 is 0 Å². The third-order valence-electron chi connectivity index (χ3n) is 10.6. The van der Waals surface area contributed by atoms with Crippen LogP contribution in [-0.2, 0) is 4.74 Å². The molecular weight excluding hydrogens is 443 g/mol. The van der Waals surface area contributed by atoms with Crippen LogP contribution in [0.3, 0.4) is 0 Å². The van der Waals surface area contributed by atoms with Crippen molar-refractivity contribution < 1.29 is 4.74 Å². The van der Waals surface area contributed by atoms with E-state index in [4.69, 9.17) is 4.74 Å². The Morgan fingerprint density at radius 2 is 1.84 bits per heavy atom. The van der Waals surface area contributed by atoms with E-state index in [1.807, 2.05) is 0 Å². The van der Waals surface area contributed by atoms with E-state index < -0.39 is 0 Å². The summed E-state index contributed by atoms with van der Waals surface area (Å²) in [7, 11) is 0. The molecule has 0 bridgehead atoms. The van der Waals surface area contributed by atoms with Crippen molar-refractivity contribution >= 4 is 20.2 Å². The van der Waals surface area contributed by atoms with Gasteiger partial charge in [0.15, 0.2) is 0 Å². The molecule has 1 nitrogen and oxygen atoms in total. The average molecular weight is 492 g/mol. The van der Waals surface area contributed by atoms with Crippen molar-refractivity contribution in [2.24, 2.45) is 46.3 Å². The summed E-state index contributed by atoms with van der Waals surface area (Å²) in [4.78, 5) is 0. The van der Waals surface area contributed by atoms with E-state index in [-0.39, 0.29) is 0 Å². The van der Waals surface area contributed by atoms with Crippen LogP contribution in [0.1, 0.15) is 112 Å². The summed E-state index contributed by atoms with van der Waals surface area (Å²) < 4.78 is 7.12. The molecule has 3 fully saturated rings. The summed E-state index contributed by atoms with van der Waals surface area (Å²) in [6.07, 6.45) is 18.4. The van der Waals surface area contributed by atoms with Crippen LogP contribution < -0.4 is 0 Å². The first kappa shape index (κ1) is 24.1. The van der Waals surface area contributed by atoms with Crippen LogP contribution in [0.15, 0.2) is 11.6 Å². The fraction of sp³-hybridized carbons (Fsp3) is 0.897. The molecule has 0 amide bonds. The van der Waals surface area contributed by atoms with E-state index >= 15 is 0 Å². The molecule has 0 saturated heterocycles. The second kappa shape index (κ2) is 9.29. The number of rotatable bonds is 7. The van der Waals surface area contributed by atoms with Crippen LogP contribution in [0, 0.1) is 46.3 Å². The van der Waals surface area contributed by atoms with Crippen LogP contribution in [0.4, 0.5) is 0 Å². The fourth-order valence-electron chi connectivity index (χ4n) is 8.99. The quantitative estimate of drug-likeness (QED) is 0.262. The number of allylic oxidation sites excluding steroid dienone is 1. The second-order valence-electron chi connectivity index (χ2n) is 12.8. The molecule has 0 aromatic carbocycles. The standard InChI is InChI=1S/C29H48OSe/c1-19(2)8-7-9-20(3)25-12-13-26-24-11-10-22-18-23(30-21(4)31)14-16-28(22,5)27(24)15-17-29(25,26)6/h10,19-20,23-27H,7-9,11-18H2,1-6H3/t20-,23-,24-,25+,26-,27-,28-,29+/m0/s1. The second-order valence-corrected chi connectivity index (χ2v) is 14.0. The predicted octanol–water partition coefficient (Wildman–Crippen LogP) is 7.73. The first-order chi connectivity index (χ1) is 14.6. The zero-order valence-electron chi connectivity index (χ0n) is 21.2. The minimum atomic E-state index is 0.397. The molecule has 0 spiro atoms. The number of ether oxygens (including phenoxy) is 1. The summed E-state index contributed by atoms with van der Waals surface area (Å²) in [5.74, 6) is 5.55. The van der Waals surface area contributed by atoms with E-state index in [0.717, 1.165) is 46.5 Å². The summed E-state index contributed by atoms with van der Waals surface area (Å²) >= 11 is 3.05. The van der Waals surface area contributed by atoms with E-state index in [9.17, 15) is 0 Å². The van der Waals surface area contributed by atoms with Crippen molar-refractivity contribution in [1.82, 2.24) is 0 Å². The molecule has 4 aliphatic carbocycles. The van der Waals surface area contributed by atoms with E-state index in [0.29, 0.717) is 16.9 Å². The van der Waals surface area contributed by atoms with Gasteiger partial charge in [-0.05, 0) is 5.92 Å². The summed E-state index contributed by atoms with van der Waals surface area (Å²) in [5.41, 5.74) is 2.78. The Balaban J connectivity index is 1.47. The van der Waals surface area contributed by atoms with Crippen LogP contribution in [0.5, 0.6) is 0 Å². The van der Waals surface area contributed by atoms with E-state index in [2.05, 4.69) is 63.2 Å². The SMILES string of the molecule is CC(=[Se])O[C@H]1CC[C@@]2(C)C(=CC[C@H]3[C@@H]4CC[C@H]([C@@H](C)CCCC(C)C)[C@@]4(C)CC[C@@H]32)C1. The Hall–Kier alpha value is -0.0705. The van der Waals surface area contributed by atoms with Gasteiger partial charge in [-0.1, -0.05) is 40.0 Å². The summed E-state index contributed by atoms with van der Waals surface area (Å²) in [5, 5.41) is 0. The van der Waals surface area contributed by atoms with Gasteiger partial charge in [-0.2, -0.15) is 0 Å². The third kappa shape index (κ3) is 4.51. The van der Waals surface area contributed by atoms with Crippen molar-refractivity contribution in [3.05, 3.63) is 11.6 Å². The Morgan fingerprint density at radius 3 is 2.55 bits per heavy atom. The number of fused-ring (bicyclic) bond motifs is 5. The van der Waals surface area contributed by atoms with Crippen LogP contribution in [0.25, 0.3) is 0 Å². The molecule has 31 heavy (non-hydrogen) atoms. The maximum atomic E-state index is 6.11. The van der Waals surface area contributed by atoms with Crippen LogP contribution >= 0.6 is 0 Å². The van der Waals surface area contributed by atoms with Crippen molar-refractivity contribution in [2.45, 2.75) is 118 Å². The molecule has 176 valence electrons. The molecule has 0 radical (unpaired) electrons. The van der Waals surface area contributed by atoms with Gasteiger partial charge in [0.2, 0.25) is 0 Å². The van der Waals surface area contributed by atoms with E-state index in [1.165, 1.54) is 64.2 Å². The molecular formula is C29H48OSe. The fourth-order valence-corrected chi connectivity index (χ4v) is 9.27. The molecule has 0 aromatic rings. The van der Waals surface area contributed by atoms with Crippen molar-refractivity contribution in [3.8, 4) is 0 Å². The Morgan fingerprint density at radius 1 is 1.06 bits per heavy atom. The molecule has 0 aliphatic heterocycles. The Labute approximate surface area is 200 Å². The molecule has 3 saturated carbocycles. The molecule has 2 heteroatoms. The van der Waals surface area contributed by atoms with Gasteiger partial charge in [-0.3, -0.25) is 0 Å². The molecule has 4 rings (SSSR count). The van der Waals surface area contributed by atoms with Crippen LogP contribution in [-0.4, -0.2) is 26.3 Å². The van der Waals surface area contributed by atoms with Gasteiger partial charge in [0.1, 0.15) is 0 Å². The van der Waals surface area contributed by atoms with E-state index in [1.54, 1.807) is 5.57 Å². The van der Waals surface area contributed by atoms with Gasteiger partial charge in [-0.15, -0.1) is 0 Å². The van der Waals surface area contributed by atoms with Crippen molar-refractivity contribution in [2.75, 3.05) is 0 Å². The van der Waals surface area contributed by atoms with Crippen molar-refractivity contribution in [1.29, 1.82) is 0 Å². The molecule has 4 aliphatic rings. The maximum absolute atomic E-state index is 6.11. The molecule has 0 heterocycles. The van der Waals surface area contributed by atoms with Gasteiger partial charge in [0, 0.05) is 0 Å². The van der Waals surface area contributed by atoms with Gasteiger partial charge >= 0.3 is 155 Å². The molecule has 0 aromatic heterocycles. The molecule has 0 N–H and O–H groups in total. The van der Waals surface area contributed by atoms with Gasteiger partial charge in [-0.25, -0.2) is 0 Å². The zero-order valence-corrected chi connectivity index (χ0v) is 22.9. The zero-order chi connectivity index (χ0) is 22.4. The minimum absolute atomic E-state index is 0.397. The topological polar surface area (TPSA) is 9.23 Å². The Bertz CT molecular complexity index is 695. The first-order valence-electron chi connectivity index (χ1n) is 13.5. The predicted molar refractivity (Wildman–Crippen MR) is 134 cm³/mol. The van der Waals surface area contributed by atoms with Gasteiger partial charge in [0.05, 0.1) is 0 Å². The number of hydrogen-bond acceptors (Lipinski definition) is 1. The average Bonchev–Trinajstić information content (AvgIpc) is 3.05. The van der Waals surface area contributed by atoms with Gasteiger partial charge in [0.25, 0.3) is 0 Å². The Kier molecular flexibility index (Phi) is 7.21. The monoisotopic (exact) mass is 492 g/mol. The third-order valence-corrected chi connectivity index (χ3v) is 10.8. The summed E-state index contributed by atoms with van der Waals surface area (Å²) in [6.45, 7) is 14.8. The first-order valence-corrected chi connectivity index (χ1v) is 14.4. The van der Waals surface area contributed by atoms with Crippen LogP contribution in [0.2, 0.25) is 0 Å². The molecule has 8 atom stereocenters. The van der Waals surface area contributed by atoms with Crippen molar-refractivity contribution in [3.63, 3.8) is 0 Å².